The average molecular weight is 252 g/mol. The van der Waals surface area contributed by atoms with Crippen molar-refractivity contribution < 1.29 is 0 Å². The SMILES string of the molecule is CCC1CCCCC1NC(C)c1csc(C)n1. The van der Waals surface area contributed by atoms with Crippen molar-refractivity contribution in [3.8, 4) is 0 Å². The van der Waals surface area contributed by atoms with Gasteiger partial charge in [-0.25, -0.2) is 4.98 Å². The van der Waals surface area contributed by atoms with Crippen LogP contribution >= 0.6 is 11.3 Å². The Bertz CT molecular complexity index is 348. The fraction of sp³-hybridized carbons (Fsp3) is 0.786. The van der Waals surface area contributed by atoms with Crippen LogP contribution in [0.25, 0.3) is 0 Å². The Kier molecular flexibility index (Phi) is 4.57. The molecule has 1 heterocycles. The van der Waals surface area contributed by atoms with E-state index in [1.807, 2.05) is 0 Å². The van der Waals surface area contributed by atoms with Gasteiger partial charge in [-0.1, -0.05) is 26.2 Å². The van der Waals surface area contributed by atoms with Crippen LogP contribution in [0.1, 0.15) is 62.7 Å². The molecular weight excluding hydrogens is 228 g/mol. The molecule has 17 heavy (non-hydrogen) atoms. The first-order chi connectivity index (χ1) is 8.20. The van der Waals surface area contributed by atoms with Crippen LogP contribution in [0.5, 0.6) is 0 Å². The smallest absolute Gasteiger partial charge is 0.0898 e. The van der Waals surface area contributed by atoms with Gasteiger partial charge in [-0.3, -0.25) is 0 Å². The molecule has 0 aliphatic heterocycles. The predicted molar refractivity (Wildman–Crippen MR) is 74.4 cm³/mol. The molecule has 1 fully saturated rings. The van der Waals surface area contributed by atoms with Crippen LogP contribution in [0.2, 0.25) is 0 Å². The molecule has 0 saturated heterocycles. The molecule has 3 heteroatoms. The molecular formula is C14H24N2S. The van der Waals surface area contributed by atoms with Gasteiger partial charge in [-0.2, -0.15) is 0 Å². The van der Waals surface area contributed by atoms with E-state index in [9.17, 15) is 0 Å². The van der Waals surface area contributed by atoms with Crippen LogP contribution in [-0.4, -0.2) is 11.0 Å². The molecule has 3 unspecified atom stereocenters. The Morgan fingerprint density at radius 3 is 2.88 bits per heavy atom. The highest BCUT2D eigenvalue weighted by Gasteiger charge is 2.25. The van der Waals surface area contributed by atoms with Crippen molar-refractivity contribution in [2.75, 3.05) is 0 Å². The standard InChI is InChI=1S/C14H24N2S/c1-4-12-7-5-6-8-13(12)15-10(2)14-9-17-11(3)16-14/h9-10,12-13,15H,4-8H2,1-3H3. The lowest BCUT2D eigenvalue weighted by Gasteiger charge is -2.33. The average Bonchev–Trinajstić information content (AvgIpc) is 2.77. The van der Waals surface area contributed by atoms with Crippen LogP contribution in [-0.2, 0) is 0 Å². The van der Waals surface area contributed by atoms with Crippen LogP contribution in [0.3, 0.4) is 0 Å². The zero-order chi connectivity index (χ0) is 12.3. The Morgan fingerprint density at radius 1 is 1.47 bits per heavy atom. The molecule has 1 N–H and O–H groups in total. The summed E-state index contributed by atoms with van der Waals surface area (Å²) in [4.78, 5) is 4.58. The van der Waals surface area contributed by atoms with Gasteiger partial charge in [0.2, 0.25) is 0 Å². The van der Waals surface area contributed by atoms with E-state index in [0.29, 0.717) is 12.1 Å². The van der Waals surface area contributed by atoms with Crippen molar-refractivity contribution in [1.29, 1.82) is 0 Å². The maximum absolute atomic E-state index is 4.58. The molecule has 0 bridgehead atoms. The Balaban J connectivity index is 1.94. The number of aromatic nitrogens is 1. The lowest BCUT2D eigenvalue weighted by atomic mass is 9.82. The lowest BCUT2D eigenvalue weighted by Crippen LogP contribution is -2.39. The summed E-state index contributed by atoms with van der Waals surface area (Å²) in [6.07, 6.45) is 6.85. The van der Waals surface area contributed by atoms with Gasteiger partial charge >= 0.3 is 0 Å². The highest BCUT2D eigenvalue weighted by atomic mass is 32.1. The van der Waals surface area contributed by atoms with Gasteiger partial charge in [0.05, 0.1) is 10.7 Å². The lowest BCUT2D eigenvalue weighted by molar-refractivity contribution is 0.240. The summed E-state index contributed by atoms with van der Waals surface area (Å²) in [5.41, 5.74) is 1.22. The quantitative estimate of drug-likeness (QED) is 0.873. The van der Waals surface area contributed by atoms with E-state index >= 15 is 0 Å². The molecule has 96 valence electrons. The zero-order valence-corrected chi connectivity index (χ0v) is 12.0. The molecule has 0 aromatic carbocycles. The molecule has 1 saturated carbocycles. The van der Waals surface area contributed by atoms with Gasteiger partial charge in [0.25, 0.3) is 0 Å². The summed E-state index contributed by atoms with van der Waals surface area (Å²) in [6, 6.07) is 1.10. The second-order valence-corrected chi connectivity index (χ2v) is 6.30. The van der Waals surface area contributed by atoms with E-state index in [4.69, 9.17) is 0 Å². The third-order valence-corrected chi connectivity index (χ3v) is 4.77. The van der Waals surface area contributed by atoms with Gasteiger partial charge in [0.15, 0.2) is 0 Å². The van der Waals surface area contributed by atoms with E-state index in [1.165, 1.54) is 42.8 Å². The van der Waals surface area contributed by atoms with Gasteiger partial charge in [0, 0.05) is 17.5 Å². The fourth-order valence-electron chi connectivity index (χ4n) is 2.90. The molecule has 2 rings (SSSR count). The molecule has 0 amide bonds. The monoisotopic (exact) mass is 252 g/mol. The molecule has 3 atom stereocenters. The molecule has 2 nitrogen and oxygen atoms in total. The van der Waals surface area contributed by atoms with Gasteiger partial charge in [-0.05, 0) is 32.6 Å². The maximum Gasteiger partial charge on any atom is 0.0898 e. The summed E-state index contributed by atoms with van der Waals surface area (Å²) >= 11 is 1.75. The molecule has 0 spiro atoms. The molecule has 1 aliphatic carbocycles. The maximum atomic E-state index is 4.58. The summed E-state index contributed by atoms with van der Waals surface area (Å²) < 4.78 is 0. The van der Waals surface area contributed by atoms with Crippen molar-refractivity contribution >= 4 is 11.3 Å². The Labute approximate surface area is 109 Å². The van der Waals surface area contributed by atoms with E-state index < -0.39 is 0 Å². The van der Waals surface area contributed by atoms with Crippen LogP contribution < -0.4 is 5.32 Å². The predicted octanol–water partition coefficient (Wildman–Crippen LogP) is 4.07. The van der Waals surface area contributed by atoms with Gasteiger partial charge in [-0.15, -0.1) is 11.3 Å². The number of thiazole rings is 1. The zero-order valence-electron chi connectivity index (χ0n) is 11.2. The topological polar surface area (TPSA) is 24.9 Å². The minimum absolute atomic E-state index is 0.400. The first-order valence-corrected chi connectivity index (χ1v) is 7.76. The molecule has 1 aromatic heterocycles. The highest BCUT2D eigenvalue weighted by molar-refractivity contribution is 7.09. The van der Waals surface area contributed by atoms with E-state index in [0.717, 1.165) is 5.92 Å². The molecule has 1 aromatic rings. The third-order valence-electron chi connectivity index (χ3n) is 3.98. The first-order valence-electron chi connectivity index (χ1n) is 6.88. The van der Waals surface area contributed by atoms with Crippen molar-refractivity contribution in [3.05, 3.63) is 16.1 Å². The minimum atomic E-state index is 0.400. The van der Waals surface area contributed by atoms with E-state index in [1.54, 1.807) is 11.3 Å². The summed E-state index contributed by atoms with van der Waals surface area (Å²) in [6.45, 7) is 6.65. The second kappa shape index (κ2) is 5.96. The third kappa shape index (κ3) is 3.29. The Hall–Kier alpha value is -0.410. The van der Waals surface area contributed by atoms with E-state index in [-0.39, 0.29) is 0 Å². The number of aryl methyl sites for hydroxylation is 1. The summed E-state index contributed by atoms with van der Waals surface area (Å²) in [5.74, 6) is 0.867. The van der Waals surface area contributed by atoms with Crippen molar-refractivity contribution in [2.24, 2.45) is 5.92 Å². The Morgan fingerprint density at radius 2 is 2.24 bits per heavy atom. The summed E-state index contributed by atoms with van der Waals surface area (Å²) in [5, 5.41) is 7.16. The van der Waals surface area contributed by atoms with Gasteiger partial charge in [0.1, 0.15) is 0 Å². The number of nitrogens with one attached hydrogen (secondary N) is 1. The number of hydrogen-bond donors (Lipinski definition) is 1. The van der Waals surface area contributed by atoms with Crippen molar-refractivity contribution in [3.63, 3.8) is 0 Å². The van der Waals surface area contributed by atoms with Gasteiger partial charge < -0.3 is 5.32 Å². The van der Waals surface area contributed by atoms with Crippen molar-refractivity contribution in [2.45, 2.75) is 65.0 Å². The number of rotatable bonds is 4. The largest absolute Gasteiger partial charge is 0.306 e. The van der Waals surface area contributed by atoms with E-state index in [2.05, 4.69) is 36.5 Å². The number of nitrogens with zero attached hydrogens (tertiary/aromatic N) is 1. The number of hydrogen-bond acceptors (Lipinski definition) is 3. The van der Waals surface area contributed by atoms with Crippen LogP contribution in [0.4, 0.5) is 0 Å². The first kappa shape index (κ1) is 13.0. The fourth-order valence-corrected chi connectivity index (χ4v) is 3.61. The molecule has 0 radical (unpaired) electrons. The second-order valence-electron chi connectivity index (χ2n) is 5.24. The summed E-state index contributed by atoms with van der Waals surface area (Å²) in [7, 11) is 0. The van der Waals surface area contributed by atoms with Crippen LogP contribution in [0, 0.1) is 12.8 Å². The molecule has 1 aliphatic rings. The normalized spacial score (nSPS) is 27.0. The van der Waals surface area contributed by atoms with Crippen molar-refractivity contribution in [1.82, 2.24) is 10.3 Å². The minimum Gasteiger partial charge on any atom is -0.306 e. The highest BCUT2D eigenvalue weighted by Crippen LogP contribution is 2.29. The van der Waals surface area contributed by atoms with Crippen LogP contribution in [0.15, 0.2) is 5.38 Å².